The van der Waals surface area contributed by atoms with Gasteiger partial charge < -0.3 is 10.1 Å². The average Bonchev–Trinajstić information content (AvgIpc) is 3.12. The van der Waals surface area contributed by atoms with Gasteiger partial charge in [0.2, 0.25) is 0 Å². The van der Waals surface area contributed by atoms with Gasteiger partial charge in [0, 0.05) is 12.6 Å². The van der Waals surface area contributed by atoms with E-state index in [-0.39, 0.29) is 5.60 Å². The maximum Gasteiger partial charge on any atom is 0.0684 e. The Kier molecular flexibility index (Phi) is 11.2. The Morgan fingerprint density at radius 2 is 1.88 bits per heavy atom. The fraction of sp³-hybridized carbons (Fsp3) is 0.739. The van der Waals surface area contributed by atoms with E-state index in [1.54, 1.807) is 0 Å². The molecule has 0 saturated heterocycles. The SMILES string of the molecule is C=C(CCC)c1sccc1NC1CCC(CCC)(OCCC)CC1.CC. The number of anilines is 1. The van der Waals surface area contributed by atoms with Gasteiger partial charge in [0.25, 0.3) is 0 Å². The average molecular weight is 380 g/mol. The van der Waals surface area contributed by atoms with Crippen molar-refractivity contribution in [2.24, 2.45) is 0 Å². The molecule has 150 valence electrons. The van der Waals surface area contributed by atoms with E-state index in [2.05, 4.69) is 44.1 Å². The van der Waals surface area contributed by atoms with E-state index in [0.29, 0.717) is 6.04 Å². The number of hydrogen-bond donors (Lipinski definition) is 1. The number of thiophene rings is 1. The molecule has 0 atom stereocenters. The summed E-state index contributed by atoms with van der Waals surface area (Å²) in [6.45, 7) is 15.9. The van der Waals surface area contributed by atoms with Crippen LogP contribution < -0.4 is 5.32 Å². The lowest BCUT2D eigenvalue weighted by molar-refractivity contribution is -0.0773. The van der Waals surface area contributed by atoms with Crippen molar-refractivity contribution in [3.8, 4) is 0 Å². The van der Waals surface area contributed by atoms with Gasteiger partial charge >= 0.3 is 0 Å². The van der Waals surface area contributed by atoms with Gasteiger partial charge in [-0.05, 0) is 62.0 Å². The first-order valence-corrected chi connectivity index (χ1v) is 11.7. The Morgan fingerprint density at radius 1 is 1.19 bits per heavy atom. The molecule has 3 heteroatoms. The topological polar surface area (TPSA) is 21.3 Å². The van der Waals surface area contributed by atoms with Gasteiger partial charge in [0.1, 0.15) is 0 Å². The van der Waals surface area contributed by atoms with Crippen molar-refractivity contribution < 1.29 is 4.74 Å². The Hall–Kier alpha value is -0.800. The molecule has 0 bridgehead atoms. The first-order chi connectivity index (χ1) is 12.6. The molecule has 1 fully saturated rings. The molecule has 1 heterocycles. The zero-order valence-corrected chi connectivity index (χ0v) is 18.6. The fourth-order valence-corrected chi connectivity index (χ4v) is 4.72. The standard InChI is InChI=1S/C21H35NOS.C2H6/c1-5-8-17(4)20-19(11-16-24-20)22-18-9-13-21(12-6-2,14-10-18)23-15-7-3;1-2/h11,16,18,22H,4-10,12-15H2,1-3H3;1-2H3. The van der Waals surface area contributed by atoms with Crippen LogP contribution in [0.5, 0.6) is 0 Å². The summed E-state index contributed by atoms with van der Waals surface area (Å²) in [5.74, 6) is 0. The van der Waals surface area contributed by atoms with E-state index in [1.807, 2.05) is 25.2 Å². The second-order valence-corrected chi connectivity index (χ2v) is 8.13. The maximum absolute atomic E-state index is 6.30. The zero-order chi connectivity index (χ0) is 19.4. The van der Waals surface area contributed by atoms with Crippen molar-refractivity contribution in [1.29, 1.82) is 0 Å². The predicted molar refractivity (Wildman–Crippen MR) is 119 cm³/mol. The Bertz CT molecular complexity index is 500. The molecular formula is C23H41NOS. The van der Waals surface area contributed by atoms with Gasteiger partial charge in [-0.2, -0.15) is 0 Å². The quantitative estimate of drug-likeness (QED) is 0.446. The second kappa shape index (κ2) is 12.6. The smallest absolute Gasteiger partial charge is 0.0684 e. The van der Waals surface area contributed by atoms with Crippen LogP contribution in [0.4, 0.5) is 5.69 Å². The third kappa shape index (κ3) is 6.74. The van der Waals surface area contributed by atoms with E-state index in [0.717, 1.165) is 25.9 Å². The lowest BCUT2D eigenvalue weighted by Crippen LogP contribution is -2.40. The van der Waals surface area contributed by atoms with Crippen molar-refractivity contribution in [3.63, 3.8) is 0 Å². The normalized spacial score (nSPS) is 22.4. The Labute approximate surface area is 166 Å². The molecule has 0 radical (unpaired) electrons. The molecule has 1 aromatic heterocycles. The summed E-state index contributed by atoms with van der Waals surface area (Å²) in [6.07, 6.45) is 10.6. The molecule has 2 nitrogen and oxygen atoms in total. The van der Waals surface area contributed by atoms with Gasteiger partial charge in [-0.15, -0.1) is 11.3 Å². The molecule has 2 rings (SSSR count). The third-order valence-corrected chi connectivity index (χ3v) is 6.13. The summed E-state index contributed by atoms with van der Waals surface area (Å²) in [5.41, 5.74) is 2.71. The lowest BCUT2D eigenvalue weighted by Gasteiger charge is -2.40. The lowest BCUT2D eigenvalue weighted by atomic mass is 9.79. The van der Waals surface area contributed by atoms with Crippen molar-refractivity contribution in [2.45, 2.75) is 104 Å². The van der Waals surface area contributed by atoms with Crippen molar-refractivity contribution in [1.82, 2.24) is 0 Å². The van der Waals surface area contributed by atoms with Crippen LogP contribution in [0.3, 0.4) is 0 Å². The Morgan fingerprint density at radius 3 is 2.46 bits per heavy atom. The van der Waals surface area contributed by atoms with Crippen molar-refractivity contribution >= 4 is 22.6 Å². The fourth-order valence-electron chi connectivity index (χ4n) is 3.86. The van der Waals surface area contributed by atoms with E-state index >= 15 is 0 Å². The monoisotopic (exact) mass is 379 g/mol. The summed E-state index contributed by atoms with van der Waals surface area (Å²) >= 11 is 1.82. The third-order valence-electron chi connectivity index (χ3n) is 5.11. The van der Waals surface area contributed by atoms with E-state index in [4.69, 9.17) is 4.74 Å². The molecule has 0 aliphatic heterocycles. The molecule has 1 aliphatic carbocycles. The number of ether oxygens (including phenoxy) is 1. The molecule has 1 aromatic rings. The number of hydrogen-bond acceptors (Lipinski definition) is 3. The molecule has 1 N–H and O–H groups in total. The van der Waals surface area contributed by atoms with Gasteiger partial charge in [-0.1, -0.05) is 54.0 Å². The van der Waals surface area contributed by atoms with Crippen molar-refractivity contribution in [3.05, 3.63) is 22.9 Å². The zero-order valence-electron chi connectivity index (χ0n) is 17.8. The van der Waals surface area contributed by atoms with Gasteiger partial charge in [0.05, 0.1) is 16.2 Å². The van der Waals surface area contributed by atoms with E-state index in [9.17, 15) is 0 Å². The highest BCUT2D eigenvalue weighted by Crippen LogP contribution is 2.38. The first kappa shape index (κ1) is 23.2. The van der Waals surface area contributed by atoms with Gasteiger partial charge in [-0.25, -0.2) is 0 Å². The van der Waals surface area contributed by atoms with Crippen LogP contribution in [0, 0.1) is 0 Å². The summed E-state index contributed by atoms with van der Waals surface area (Å²) in [5, 5.41) is 5.99. The minimum Gasteiger partial charge on any atom is -0.381 e. The second-order valence-electron chi connectivity index (χ2n) is 7.22. The first-order valence-electron chi connectivity index (χ1n) is 10.8. The summed E-state index contributed by atoms with van der Waals surface area (Å²) in [4.78, 5) is 1.35. The van der Waals surface area contributed by atoms with Crippen LogP contribution in [0.15, 0.2) is 18.0 Å². The molecular weight excluding hydrogens is 338 g/mol. The molecule has 26 heavy (non-hydrogen) atoms. The summed E-state index contributed by atoms with van der Waals surface area (Å²) in [7, 11) is 0. The summed E-state index contributed by atoms with van der Waals surface area (Å²) < 4.78 is 6.30. The van der Waals surface area contributed by atoms with Crippen molar-refractivity contribution in [2.75, 3.05) is 11.9 Å². The van der Waals surface area contributed by atoms with Crippen LogP contribution in [-0.4, -0.2) is 18.2 Å². The molecule has 0 amide bonds. The highest BCUT2D eigenvalue weighted by atomic mass is 32.1. The van der Waals surface area contributed by atoms with Gasteiger partial charge in [-0.3, -0.25) is 0 Å². The van der Waals surface area contributed by atoms with Gasteiger partial charge in [0.15, 0.2) is 0 Å². The minimum atomic E-state index is 0.145. The highest BCUT2D eigenvalue weighted by Gasteiger charge is 2.35. The van der Waals surface area contributed by atoms with Crippen LogP contribution in [0.2, 0.25) is 0 Å². The minimum absolute atomic E-state index is 0.145. The summed E-state index contributed by atoms with van der Waals surface area (Å²) in [6, 6.07) is 2.80. The Balaban J connectivity index is 0.00000163. The molecule has 0 spiro atoms. The maximum atomic E-state index is 6.30. The van der Waals surface area contributed by atoms with Crippen LogP contribution in [0.25, 0.3) is 5.57 Å². The predicted octanol–water partition coefficient (Wildman–Crippen LogP) is 7.91. The largest absolute Gasteiger partial charge is 0.381 e. The van der Waals surface area contributed by atoms with Crippen LogP contribution in [-0.2, 0) is 4.74 Å². The van der Waals surface area contributed by atoms with Crippen LogP contribution in [0.1, 0.15) is 97.3 Å². The number of nitrogens with one attached hydrogen (secondary N) is 1. The molecule has 0 unspecified atom stereocenters. The number of rotatable bonds is 10. The molecule has 1 saturated carbocycles. The molecule has 1 aliphatic rings. The highest BCUT2D eigenvalue weighted by molar-refractivity contribution is 7.11. The van der Waals surface area contributed by atoms with E-state index < -0.39 is 0 Å². The van der Waals surface area contributed by atoms with E-state index in [1.165, 1.54) is 54.7 Å². The molecule has 0 aromatic carbocycles. The van der Waals surface area contributed by atoms with Crippen LogP contribution >= 0.6 is 11.3 Å². The number of allylic oxidation sites excluding steroid dienone is 1.